The van der Waals surface area contributed by atoms with Crippen LogP contribution < -0.4 is 0 Å². The van der Waals surface area contributed by atoms with Gasteiger partial charge in [-0.2, -0.15) is 8.81 Å². The summed E-state index contributed by atoms with van der Waals surface area (Å²) in [6.45, 7) is 1.78. The van der Waals surface area contributed by atoms with Crippen molar-refractivity contribution >= 4 is 31.8 Å². The molecule has 1 aliphatic rings. The molecule has 1 atom stereocenters. The van der Waals surface area contributed by atoms with Gasteiger partial charge in [0, 0.05) is 24.4 Å². The van der Waals surface area contributed by atoms with Crippen molar-refractivity contribution < 1.29 is 31.5 Å². The van der Waals surface area contributed by atoms with E-state index in [0.717, 1.165) is 10.9 Å². The molecular weight excluding hydrogens is 386 g/mol. The number of allylic oxidation sites excluding steroid dienone is 1. The Morgan fingerprint density at radius 2 is 1.85 bits per heavy atom. The van der Waals surface area contributed by atoms with E-state index in [9.17, 15) is 31.5 Å². The Hall–Kier alpha value is -2.21. The van der Waals surface area contributed by atoms with Crippen molar-refractivity contribution in [3.63, 3.8) is 0 Å². The van der Waals surface area contributed by atoms with Crippen LogP contribution in [0, 0.1) is 0 Å². The number of ketones is 1. The summed E-state index contributed by atoms with van der Waals surface area (Å²) in [5, 5.41) is 13.2. The lowest BCUT2D eigenvalue weighted by Crippen LogP contribution is -2.32. The number of carboxylic acids is 1. The van der Waals surface area contributed by atoms with Crippen LogP contribution in [0.3, 0.4) is 0 Å². The summed E-state index contributed by atoms with van der Waals surface area (Å²) in [4.78, 5) is 24.2. The highest BCUT2D eigenvalue weighted by Gasteiger charge is 2.38. The zero-order chi connectivity index (χ0) is 20.0. The van der Waals surface area contributed by atoms with E-state index in [2.05, 4.69) is 5.10 Å². The van der Waals surface area contributed by atoms with Gasteiger partial charge in [-0.15, -0.1) is 0 Å². The molecule has 1 unspecified atom stereocenters. The van der Waals surface area contributed by atoms with E-state index >= 15 is 0 Å². The molecule has 144 valence electrons. The van der Waals surface area contributed by atoms with Crippen molar-refractivity contribution in [2.75, 3.05) is 12.5 Å². The molecular formula is C14H19N3O7S2. The first-order chi connectivity index (χ1) is 11.8. The minimum absolute atomic E-state index is 0.00977. The van der Waals surface area contributed by atoms with E-state index in [-0.39, 0.29) is 32.7 Å². The third-order valence-corrected chi connectivity index (χ3v) is 7.22. The number of Topliss-reactive ketones (excluding diaryl/α,β-unsaturated/α-hetero) is 1. The number of carboxylic acid groups (broad SMARTS) is 1. The molecule has 10 nitrogen and oxygen atoms in total. The smallest absolute Gasteiger partial charge is 0.356 e. The van der Waals surface area contributed by atoms with E-state index in [1.165, 1.54) is 7.05 Å². The van der Waals surface area contributed by atoms with Crippen LogP contribution in [0.15, 0.2) is 11.8 Å². The zero-order valence-electron chi connectivity index (χ0n) is 14.6. The number of hydrogen-bond donors (Lipinski definition) is 1. The normalized spacial score (nSPS) is 19.5. The van der Waals surface area contributed by atoms with Crippen molar-refractivity contribution in [3.8, 4) is 0 Å². The zero-order valence-corrected chi connectivity index (χ0v) is 16.3. The maximum atomic E-state index is 12.8. The highest BCUT2D eigenvalue weighted by atomic mass is 32.3. The number of fused-ring (bicyclic) bond motifs is 1. The molecule has 2 rings (SSSR count). The average Bonchev–Trinajstić information content (AvgIpc) is 2.82. The van der Waals surface area contributed by atoms with Crippen LogP contribution in [-0.4, -0.2) is 59.7 Å². The molecule has 0 bridgehead atoms. The summed E-state index contributed by atoms with van der Waals surface area (Å²) in [5.74, 6) is -2.33. The molecule has 0 amide bonds. The number of hydrogen-bond acceptors (Lipinski definition) is 7. The van der Waals surface area contributed by atoms with Crippen molar-refractivity contribution in [1.29, 1.82) is 0 Å². The van der Waals surface area contributed by atoms with Gasteiger partial charge in [0.25, 0.3) is 0 Å². The van der Waals surface area contributed by atoms with Crippen molar-refractivity contribution in [2.45, 2.75) is 25.7 Å². The molecule has 0 aliphatic heterocycles. The Morgan fingerprint density at radius 1 is 1.31 bits per heavy atom. The van der Waals surface area contributed by atoms with E-state index in [1.807, 2.05) is 0 Å². The van der Waals surface area contributed by atoms with Gasteiger partial charge in [0.05, 0.1) is 12.5 Å². The Bertz CT molecular complexity index is 987. The summed E-state index contributed by atoms with van der Waals surface area (Å²) >= 11 is 0. The van der Waals surface area contributed by atoms with Crippen molar-refractivity contribution in [2.24, 2.45) is 7.05 Å². The molecule has 1 aromatic rings. The summed E-state index contributed by atoms with van der Waals surface area (Å²) in [6, 6.07) is 0. The molecule has 1 aliphatic carbocycles. The quantitative estimate of drug-likeness (QED) is 0.689. The predicted molar refractivity (Wildman–Crippen MR) is 91.8 cm³/mol. The van der Waals surface area contributed by atoms with Gasteiger partial charge in [-0.05, 0) is 18.8 Å². The first-order valence-corrected chi connectivity index (χ1v) is 11.2. The average molecular weight is 405 g/mol. The van der Waals surface area contributed by atoms with Gasteiger partial charge < -0.3 is 5.11 Å². The number of aryl methyl sites for hydroxylation is 1. The maximum absolute atomic E-state index is 12.8. The number of carbonyl (C=O) groups is 2. The highest BCUT2D eigenvalue weighted by Crippen LogP contribution is 2.39. The Balaban J connectivity index is 2.70. The Labute approximate surface area is 151 Å². The number of aromatic nitrogens is 2. The largest absolute Gasteiger partial charge is 0.476 e. The molecule has 1 heterocycles. The molecule has 0 fully saturated rings. The molecule has 0 saturated heterocycles. The lowest BCUT2D eigenvalue weighted by molar-refractivity contribution is 0.0687. The number of rotatable bonds is 5. The summed E-state index contributed by atoms with van der Waals surface area (Å²) in [6.07, 6.45) is 2.70. The first-order valence-electron chi connectivity index (χ1n) is 7.54. The summed E-state index contributed by atoms with van der Waals surface area (Å²) < 4.78 is 48.5. The van der Waals surface area contributed by atoms with Gasteiger partial charge in [0.2, 0.25) is 25.8 Å². The van der Waals surface area contributed by atoms with E-state index in [4.69, 9.17) is 0 Å². The molecule has 1 N–H and O–H groups in total. The number of sulfonamides is 2. The van der Waals surface area contributed by atoms with Gasteiger partial charge in [-0.25, -0.2) is 21.6 Å². The standard InChI is InChI=1S/C14H19N3O7S2/c1-5-8-6-9(7-17(25(3,21)22)26(4,23)24)13(18)12-10(8)11(14(19)20)15-16(12)2/h7-8H,5-6H2,1-4H3,(H,19,20). The second-order valence-electron chi connectivity index (χ2n) is 6.08. The van der Waals surface area contributed by atoms with E-state index < -0.39 is 37.7 Å². The van der Waals surface area contributed by atoms with Gasteiger partial charge >= 0.3 is 5.97 Å². The summed E-state index contributed by atoms with van der Waals surface area (Å²) in [5.41, 5.74) is 0.0357. The summed E-state index contributed by atoms with van der Waals surface area (Å²) in [7, 11) is -6.92. The van der Waals surface area contributed by atoms with Crippen LogP contribution in [0.4, 0.5) is 0 Å². The van der Waals surface area contributed by atoms with Crippen LogP contribution in [0.2, 0.25) is 0 Å². The Kier molecular flexibility index (Phi) is 5.03. The SMILES string of the molecule is CCC1CC(=CN(S(C)(=O)=O)S(C)(=O)=O)C(=O)c2c1c(C(=O)O)nn2C. The van der Waals surface area contributed by atoms with Crippen LogP contribution >= 0.6 is 0 Å². The van der Waals surface area contributed by atoms with Gasteiger partial charge in [0.1, 0.15) is 5.69 Å². The molecule has 0 spiro atoms. The van der Waals surface area contributed by atoms with Crippen LogP contribution in [0.1, 0.15) is 52.2 Å². The fourth-order valence-electron chi connectivity index (χ4n) is 2.99. The molecule has 0 saturated carbocycles. The minimum Gasteiger partial charge on any atom is -0.476 e. The molecule has 12 heteroatoms. The van der Waals surface area contributed by atoms with Crippen molar-refractivity contribution in [1.82, 2.24) is 13.5 Å². The monoisotopic (exact) mass is 405 g/mol. The fraction of sp³-hybridized carbons (Fsp3) is 0.500. The number of nitrogens with zero attached hydrogens (tertiary/aromatic N) is 3. The topological polar surface area (TPSA) is 144 Å². The molecule has 0 aromatic carbocycles. The predicted octanol–water partition coefficient (Wildman–Crippen LogP) is 0.303. The molecule has 26 heavy (non-hydrogen) atoms. The van der Waals surface area contributed by atoms with Crippen molar-refractivity contribution in [3.05, 3.63) is 28.7 Å². The third kappa shape index (κ3) is 3.51. The molecule has 0 radical (unpaired) electrons. The van der Waals surface area contributed by atoms with Crippen LogP contribution in [0.25, 0.3) is 0 Å². The second kappa shape index (κ2) is 6.50. The Morgan fingerprint density at radius 3 is 2.27 bits per heavy atom. The van der Waals surface area contributed by atoms with Gasteiger partial charge in [-0.1, -0.05) is 6.92 Å². The fourth-order valence-corrected chi connectivity index (χ4v) is 5.60. The highest BCUT2D eigenvalue weighted by molar-refractivity contribution is 8.03. The third-order valence-electron chi connectivity index (χ3n) is 4.08. The maximum Gasteiger partial charge on any atom is 0.356 e. The van der Waals surface area contributed by atoms with E-state index in [1.54, 1.807) is 6.92 Å². The minimum atomic E-state index is -4.17. The number of aromatic carboxylic acids is 1. The second-order valence-corrected chi connectivity index (χ2v) is 10.0. The van der Waals surface area contributed by atoms with Crippen LogP contribution in [0.5, 0.6) is 0 Å². The number of carbonyl (C=O) groups excluding carboxylic acids is 1. The first kappa shape index (κ1) is 20.1. The van der Waals surface area contributed by atoms with E-state index in [0.29, 0.717) is 18.9 Å². The lowest BCUT2D eigenvalue weighted by Gasteiger charge is -2.25. The van der Waals surface area contributed by atoms with Gasteiger partial charge in [-0.3, -0.25) is 9.48 Å². The lowest BCUT2D eigenvalue weighted by atomic mass is 9.80. The van der Waals surface area contributed by atoms with Crippen LogP contribution in [-0.2, 0) is 27.1 Å². The van der Waals surface area contributed by atoms with Gasteiger partial charge in [0.15, 0.2) is 5.69 Å². The molecule has 1 aromatic heterocycles.